The highest BCUT2D eigenvalue weighted by Gasteiger charge is 2.17. The van der Waals surface area contributed by atoms with Crippen molar-refractivity contribution in [2.75, 3.05) is 0 Å². The van der Waals surface area contributed by atoms with Crippen LogP contribution >= 0.6 is 0 Å². The Bertz CT molecular complexity index is 6970. The molecule has 34 nitrogen and oxygen atoms in total. The first-order valence-corrected chi connectivity index (χ1v) is 38.1. The van der Waals surface area contributed by atoms with Crippen molar-refractivity contribution in [2.45, 2.75) is 0 Å². The van der Waals surface area contributed by atoms with Crippen LogP contribution in [0.1, 0.15) is 62.1 Å². The van der Waals surface area contributed by atoms with Crippen LogP contribution in [0.15, 0.2) is 365 Å². The van der Waals surface area contributed by atoms with Crippen molar-refractivity contribution in [3.8, 4) is 102 Å². The van der Waals surface area contributed by atoms with Gasteiger partial charge in [0, 0.05) is 102 Å². The Kier molecular flexibility index (Phi) is 25.5. The molecular formula is C93H65N21O13. The number of pyridine rings is 2. The SMILES string of the molecule is O=C(O)c1ccc(-n2cc(-c3ccccn3)cn2)cc1.O=C(O)c1ccc(-n2cc(-c3cnccn3)cn2)cc1.O=C(O)c1cccc(-n2cc(-c3ccccn3)cn2)c1.O=C(O)c1cccc(-n2cc(-c3cnc4ccccc4n3)cn2)c1.O=C(O)c1cccc(-n2cc(-c3cnccn3)cn2)c1.O=C(O)c1cccc(-n2cc(-c3nc4ccccc4o3)cn2)c1. The molecule has 34 heteroatoms. The van der Waals surface area contributed by atoms with E-state index in [1.165, 1.54) is 6.07 Å². The minimum atomic E-state index is -0.974. The summed E-state index contributed by atoms with van der Waals surface area (Å²) in [5.41, 5.74) is 17.7. The van der Waals surface area contributed by atoms with Gasteiger partial charge in [-0.25, -0.2) is 66.8 Å². The highest BCUT2D eigenvalue weighted by atomic mass is 16.4. The molecular weight excluding hydrogens is 1620 g/mol. The summed E-state index contributed by atoms with van der Waals surface area (Å²) < 4.78 is 15.5. The average Bonchev–Trinajstić information content (AvgIpc) is 1.67. The molecule has 0 amide bonds. The fraction of sp³-hybridized carbons (Fsp3) is 0. The molecule has 0 atom stereocenters. The Labute approximate surface area is 717 Å². The monoisotopic (exact) mass is 1680 g/mol. The van der Waals surface area contributed by atoms with Gasteiger partial charge in [-0.1, -0.05) is 60.7 Å². The van der Waals surface area contributed by atoms with E-state index in [1.54, 1.807) is 273 Å². The molecule has 0 radical (unpaired) electrons. The van der Waals surface area contributed by atoms with Gasteiger partial charge in [-0.2, -0.15) is 30.6 Å². The third-order valence-corrected chi connectivity index (χ3v) is 18.6. The lowest BCUT2D eigenvalue weighted by Gasteiger charge is -2.02. The zero-order chi connectivity index (χ0) is 88.1. The fourth-order valence-corrected chi connectivity index (χ4v) is 12.3. The summed E-state index contributed by atoms with van der Waals surface area (Å²) in [6, 6.07) is 66.0. The number of benzene rings is 8. The van der Waals surface area contributed by atoms with Crippen molar-refractivity contribution >= 4 is 57.9 Å². The quantitative estimate of drug-likeness (QED) is 0.0464. The van der Waals surface area contributed by atoms with Crippen LogP contribution in [0.5, 0.6) is 0 Å². The number of para-hydroxylation sites is 4. The second-order valence-electron chi connectivity index (χ2n) is 27.0. The molecule has 0 aliphatic rings. The number of oxazole rings is 1. The molecule has 0 aliphatic carbocycles. The Balaban J connectivity index is 0.000000118. The summed E-state index contributed by atoms with van der Waals surface area (Å²) in [6.07, 6.45) is 35.9. The van der Waals surface area contributed by atoms with Crippen LogP contribution < -0.4 is 0 Å². The van der Waals surface area contributed by atoms with Crippen LogP contribution in [0, 0.1) is 0 Å². The Morgan fingerprint density at radius 1 is 0.236 bits per heavy atom. The van der Waals surface area contributed by atoms with Crippen LogP contribution in [0.3, 0.4) is 0 Å². The normalized spacial score (nSPS) is 10.6. The maximum Gasteiger partial charge on any atom is 0.335 e. The molecule has 12 aromatic heterocycles. The molecule has 20 rings (SSSR count). The summed E-state index contributed by atoms with van der Waals surface area (Å²) in [6.45, 7) is 0. The maximum absolute atomic E-state index is 11.1. The van der Waals surface area contributed by atoms with Gasteiger partial charge >= 0.3 is 35.8 Å². The van der Waals surface area contributed by atoms with Crippen molar-refractivity contribution in [3.63, 3.8) is 0 Å². The number of aromatic nitrogens is 21. The summed E-state index contributed by atoms with van der Waals surface area (Å²) in [7, 11) is 0. The van der Waals surface area contributed by atoms with Crippen molar-refractivity contribution in [2.24, 2.45) is 0 Å². The maximum atomic E-state index is 11.1. The van der Waals surface area contributed by atoms with Gasteiger partial charge in [0.25, 0.3) is 0 Å². The molecule has 12 heterocycles. The Morgan fingerprint density at radius 2 is 0.559 bits per heavy atom. The van der Waals surface area contributed by atoms with Gasteiger partial charge in [-0.3, -0.25) is 34.9 Å². The van der Waals surface area contributed by atoms with E-state index in [-0.39, 0.29) is 33.4 Å². The largest absolute Gasteiger partial charge is 0.478 e. The standard InChI is InChI=1S/C18H12N4O2.C17H11N3O3.2C15H11N3O2.2C14H10N4O2/c23-18(24)12-4-3-5-14(8-12)22-11-13(9-20-22)17-10-19-15-6-1-2-7-16(15)21-17;21-17(22)11-4-3-5-13(8-11)20-10-12(9-18-20)16-19-14-6-1-2-7-15(14)23-16;19-15(20)11-4-3-5-13(8-11)18-10-12(9-17-18)14-6-1-2-7-16-14;19-15(20)11-4-6-13(7-5-11)18-10-12(9-17-18)14-3-1-2-8-16-14;19-14(20)10-1-3-12(4-2-10)18-9-11(7-17-18)13-8-15-5-6-16-13;19-14(20)10-2-1-3-12(6-10)18-9-11(7-17-18)13-8-15-4-5-16-13/h1-11H,(H,23,24);1-10H,(H,21,22);2*1-10H,(H,19,20);2*1-9H,(H,19,20). The number of rotatable bonds is 18. The molecule has 0 spiro atoms. The number of aromatic carboxylic acids is 6. The first-order chi connectivity index (χ1) is 61.9. The number of fused-ring (bicyclic) bond motifs is 2. The van der Waals surface area contributed by atoms with Gasteiger partial charge in [0.1, 0.15) is 5.52 Å². The number of hydrogen-bond donors (Lipinski definition) is 6. The van der Waals surface area contributed by atoms with Gasteiger partial charge in [0.2, 0.25) is 5.89 Å². The van der Waals surface area contributed by atoms with Crippen LogP contribution in [-0.2, 0) is 0 Å². The smallest absolute Gasteiger partial charge is 0.335 e. The molecule has 0 saturated carbocycles. The summed E-state index contributed by atoms with van der Waals surface area (Å²) in [5, 5.41) is 79.4. The summed E-state index contributed by atoms with van der Waals surface area (Å²) in [5.74, 6) is -5.27. The van der Waals surface area contributed by atoms with E-state index in [0.29, 0.717) is 45.6 Å². The summed E-state index contributed by atoms with van der Waals surface area (Å²) in [4.78, 5) is 104. The van der Waals surface area contributed by atoms with Crippen molar-refractivity contribution in [1.82, 2.24) is 104 Å². The number of hydrogen-bond acceptors (Lipinski definition) is 22. The van der Waals surface area contributed by atoms with E-state index in [1.807, 2.05) is 110 Å². The van der Waals surface area contributed by atoms with E-state index >= 15 is 0 Å². The van der Waals surface area contributed by atoms with Crippen LogP contribution in [0.4, 0.5) is 0 Å². The Hall–Kier alpha value is -18.9. The number of nitrogens with zero attached hydrogens (tertiary/aromatic N) is 21. The minimum Gasteiger partial charge on any atom is -0.478 e. The highest BCUT2D eigenvalue weighted by Crippen LogP contribution is 2.28. The van der Waals surface area contributed by atoms with E-state index < -0.39 is 35.8 Å². The average molecular weight is 1680 g/mol. The third-order valence-electron chi connectivity index (χ3n) is 18.6. The Morgan fingerprint density at radius 3 is 0.913 bits per heavy atom. The molecule has 6 N–H and O–H groups in total. The second-order valence-corrected chi connectivity index (χ2v) is 27.0. The molecule has 0 saturated heterocycles. The molecule has 0 fully saturated rings. The predicted molar refractivity (Wildman–Crippen MR) is 463 cm³/mol. The number of carbonyl (C=O) groups is 6. The topological polar surface area (TPSA) is 460 Å². The lowest BCUT2D eigenvalue weighted by molar-refractivity contribution is 0.0686. The first kappa shape index (κ1) is 83.2. The van der Waals surface area contributed by atoms with Crippen LogP contribution in [-0.4, -0.2) is 170 Å². The van der Waals surface area contributed by atoms with Gasteiger partial charge < -0.3 is 35.1 Å². The van der Waals surface area contributed by atoms with Crippen molar-refractivity contribution in [1.29, 1.82) is 0 Å². The van der Waals surface area contributed by atoms with Gasteiger partial charge in [-0.05, 0) is 170 Å². The zero-order valence-corrected chi connectivity index (χ0v) is 66.0. The molecule has 0 bridgehead atoms. The predicted octanol–water partition coefficient (Wildman–Crippen LogP) is 15.9. The lowest BCUT2D eigenvalue weighted by Crippen LogP contribution is -2.00. The van der Waals surface area contributed by atoms with Crippen molar-refractivity contribution in [3.05, 3.63) is 394 Å². The van der Waals surface area contributed by atoms with E-state index in [2.05, 4.69) is 75.4 Å². The lowest BCUT2D eigenvalue weighted by atomic mass is 10.2. The number of carboxylic acid groups (broad SMARTS) is 6. The molecule has 0 aliphatic heterocycles. The van der Waals surface area contributed by atoms with Crippen LogP contribution in [0.25, 0.3) is 124 Å². The fourth-order valence-electron chi connectivity index (χ4n) is 12.3. The molecule has 20 aromatic rings. The molecule has 0 unspecified atom stereocenters. The summed E-state index contributed by atoms with van der Waals surface area (Å²) >= 11 is 0. The molecule has 620 valence electrons. The third kappa shape index (κ3) is 20.9. The zero-order valence-electron chi connectivity index (χ0n) is 66.0. The van der Waals surface area contributed by atoms with Gasteiger partial charge in [0.15, 0.2) is 5.58 Å². The number of carboxylic acids is 6. The van der Waals surface area contributed by atoms with E-state index in [0.717, 1.165) is 78.4 Å². The van der Waals surface area contributed by atoms with Crippen molar-refractivity contribution < 1.29 is 63.8 Å². The second kappa shape index (κ2) is 38.9. The van der Waals surface area contributed by atoms with E-state index in [4.69, 9.17) is 35.1 Å². The van der Waals surface area contributed by atoms with E-state index in [9.17, 15) is 28.8 Å². The van der Waals surface area contributed by atoms with Gasteiger partial charge in [-0.15, -0.1) is 0 Å². The minimum absolute atomic E-state index is 0.210. The molecule has 127 heavy (non-hydrogen) atoms. The molecule has 8 aromatic carbocycles. The highest BCUT2D eigenvalue weighted by molar-refractivity contribution is 5.91. The van der Waals surface area contributed by atoms with Crippen LogP contribution in [0.2, 0.25) is 0 Å². The van der Waals surface area contributed by atoms with Gasteiger partial charge in [0.05, 0.1) is 168 Å². The first-order valence-electron chi connectivity index (χ1n) is 38.1.